The predicted molar refractivity (Wildman–Crippen MR) is 109 cm³/mol. The maximum absolute atomic E-state index is 12.7. The van der Waals surface area contributed by atoms with Gasteiger partial charge in [-0.15, -0.1) is 11.3 Å². The van der Waals surface area contributed by atoms with Crippen LogP contribution in [0.3, 0.4) is 0 Å². The Kier molecular flexibility index (Phi) is 5.53. The summed E-state index contributed by atoms with van der Waals surface area (Å²) in [6, 6.07) is 11.6. The monoisotopic (exact) mass is 389 g/mol. The second-order valence-electron chi connectivity index (χ2n) is 6.33. The first-order chi connectivity index (χ1) is 13.8. The zero-order valence-corrected chi connectivity index (χ0v) is 16.0. The third-order valence-corrected chi connectivity index (χ3v) is 5.16. The molecule has 28 heavy (non-hydrogen) atoms. The summed E-state index contributed by atoms with van der Waals surface area (Å²) >= 11 is 1.45. The van der Waals surface area contributed by atoms with Gasteiger partial charge in [-0.05, 0) is 60.4 Å². The van der Waals surface area contributed by atoms with Gasteiger partial charge in [0.15, 0.2) is 5.13 Å². The first kappa shape index (κ1) is 18.1. The number of pyridine rings is 2. The van der Waals surface area contributed by atoms with Crippen molar-refractivity contribution < 1.29 is 4.79 Å². The summed E-state index contributed by atoms with van der Waals surface area (Å²) in [5, 5.41) is 5.52. The van der Waals surface area contributed by atoms with E-state index in [1.54, 1.807) is 24.8 Å². The van der Waals surface area contributed by atoms with E-state index in [4.69, 9.17) is 0 Å². The number of thiazole rings is 1. The Balaban J connectivity index is 1.38. The van der Waals surface area contributed by atoms with Crippen molar-refractivity contribution in [1.82, 2.24) is 19.5 Å². The van der Waals surface area contributed by atoms with Crippen molar-refractivity contribution in [2.45, 2.75) is 19.4 Å². The van der Waals surface area contributed by atoms with Gasteiger partial charge in [-0.2, -0.15) is 0 Å². The molecule has 0 radical (unpaired) electrons. The SMILES string of the molecule is O=C(Nc1nc(CCc2ccncc2)cs1)c1cccn1Cc1ccncc1. The topological polar surface area (TPSA) is 72.7 Å². The molecule has 0 fully saturated rings. The maximum atomic E-state index is 12.7. The van der Waals surface area contributed by atoms with Crippen molar-refractivity contribution in [2.75, 3.05) is 5.32 Å². The Hall–Kier alpha value is -3.32. The Bertz CT molecular complexity index is 1040. The van der Waals surface area contributed by atoms with E-state index in [0.29, 0.717) is 17.4 Å². The molecular formula is C21H19N5OS. The lowest BCUT2D eigenvalue weighted by Gasteiger charge is -2.08. The lowest BCUT2D eigenvalue weighted by molar-refractivity contribution is 0.101. The minimum atomic E-state index is -0.158. The number of carbonyl (C=O) groups is 1. The first-order valence-corrected chi connectivity index (χ1v) is 9.84. The van der Waals surface area contributed by atoms with Gasteiger partial charge in [0.2, 0.25) is 0 Å². The van der Waals surface area contributed by atoms with Crippen molar-refractivity contribution >= 4 is 22.4 Å². The minimum Gasteiger partial charge on any atom is -0.339 e. The van der Waals surface area contributed by atoms with Gasteiger partial charge >= 0.3 is 0 Å². The van der Waals surface area contributed by atoms with Gasteiger partial charge < -0.3 is 4.57 Å². The standard InChI is InChI=1S/C21H19N5OS/c27-20(19-2-1-13-26(19)14-17-7-11-23-12-8-17)25-21-24-18(15-28-21)4-3-16-5-9-22-10-6-16/h1-2,5-13,15H,3-4,14H2,(H,24,25,27). The van der Waals surface area contributed by atoms with E-state index in [9.17, 15) is 4.79 Å². The summed E-state index contributed by atoms with van der Waals surface area (Å²) in [4.78, 5) is 25.3. The molecule has 1 amide bonds. The highest BCUT2D eigenvalue weighted by molar-refractivity contribution is 7.13. The average molecular weight is 389 g/mol. The van der Waals surface area contributed by atoms with Gasteiger partial charge in [0, 0.05) is 42.9 Å². The smallest absolute Gasteiger partial charge is 0.274 e. The first-order valence-electron chi connectivity index (χ1n) is 8.96. The number of aromatic nitrogens is 4. The fraction of sp³-hybridized carbons (Fsp3) is 0.143. The highest BCUT2D eigenvalue weighted by atomic mass is 32.1. The highest BCUT2D eigenvalue weighted by Gasteiger charge is 2.13. The van der Waals surface area contributed by atoms with Crippen LogP contribution in [0.15, 0.2) is 72.8 Å². The second kappa shape index (κ2) is 8.58. The molecule has 1 N–H and O–H groups in total. The molecule has 4 heterocycles. The minimum absolute atomic E-state index is 0.158. The zero-order valence-electron chi connectivity index (χ0n) is 15.2. The number of nitrogens with one attached hydrogen (secondary N) is 1. The zero-order chi connectivity index (χ0) is 19.2. The van der Waals surface area contributed by atoms with Crippen molar-refractivity contribution in [1.29, 1.82) is 0 Å². The molecule has 0 aliphatic carbocycles. The molecule has 140 valence electrons. The fourth-order valence-electron chi connectivity index (χ4n) is 2.91. The Morgan fingerprint density at radius 3 is 2.43 bits per heavy atom. The highest BCUT2D eigenvalue weighted by Crippen LogP contribution is 2.18. The molecule has 0 saturated heterocycles. The largest absolute Gasteiger partial charge is 0.339 e. The van der Waals surface area contributed by atoms with Crippen LogP contribution >= 0.6 is 11.3 Å². The summed E-state index contributed by atoms with van der Waals surface area (Å²) in [5.74, 6) is -0.158. The average Bonchev–Trinajstić information content (AvgIpc) is 3.37. The van der Waals surface area contributed by atoms with Crippen LogP contribution in [0.5, 0.6) is 0 Å². The molecule has 0 aliphatic rings. The normalized spacial score (nSPS) is 10.7. The Morgan fingerprint density at radius 2 is 1.68 bits per heavy atom. The molecule has 4 rings (SSSR count). The van der Waals surface area contributed by atoms with Gasteiger partial charge in [0.05, 0.1) is 5.69 Å². The third-order valence-electron chi connectivity index (χ3n) is 4.36. The van der Waals surface area contributed by atoms with Crippen molar-refractivity contribution in [3.8, 4) is 0 Å². The van der Waals surface area contributed by atoms with Crippen LogP contribution < -0.4 is 5.32 Å². The molecule has 0 atom stereocenters. The Morgan fingerprint density at radius 1 is 0.964 bits per heavy atom. The summed E-state index contributed by atoms with van der Waals surface area (Å²) in [7, 11) is 0. The lowest BCUT2D eigenvalue weighted by Crippen LogP contribution is -2.17. The van der Waals surface area contributed by atoms with Gasteiger partial charge in [-0.25, -0.2) is 4.98 Å². The van der Waals surface area contributed by atoms with Crippen molar-refractivity contribution in [3.63, 3.8) is 0 Å². The van der Waals surface area contributed by atoms with Crippen LogP contribution in [0.4, 0.5) is 5.13 Å². The van der Waals surface area contributed by atoms with E-state index < -0.39 is 0 Å². The quantitative estimate of drug-likeness (QED) is 0.521. The summed E-state index contributed by atoms with van der Waals surface area (Å²) in [5.41, 5.74) is 3.89. The number of hydrogen-bond donors (Lipinski definition) is 1. The van der Waals surface area contributed by atoms with Gasteiger partial charge in [0.25, 0.3) is 5.91 Å². The molecule has 4 aromatic rings. The van der Waals surface area contributed by atoms with E-state index in [1.807, 2.05) is 52.5 Å². The number of amides is 1. The second-order valence-corrected chi connectivity index (χ2v) is 7.19. The molecule has 7 heteroatoms. The van der Waals surface area contributed by atoms with Gasteiger partial charge in [0.1, 0.15) is 5.69 Å². The van der Waals surface area contributed by atoms with E-state index in [0.717, 1.165) is 24.1 Å². The van der Waals surface area contributed by atoms with Gasteiger partial charge in [-0.1, -0.05) is 0 Å². The summed E-state index contributed by atoms with van der Waals surface area (Å²) < 4.78 is 1.92. The van der Waals surface area contributed by atoms with Crippen molar-refractivity contribution in [2.24, 2.45) is 0 Å². The molecule has 6 nitrogen and oxygen atoms in total. The van der Waals surface area contributed by atoms with E-state index in [-0.39, 0.29) is 5.91 Å². The molecule has 0 bridgehead atoms. The fourth-order valence-corrected chi connectivity index (χ4v) is 3.65. The van der Waals surface area contributed by atoms with Crippen LogP contribution in [0.25, 0.3) is 0 Å². The molecule has 0 aliphatic heterocycles. The number of hydrogen-bond acceptors (Lipinski definition) is 5. The number of aryl methyl sites for hydroxylation is 2. The Labute approximate surface area is 166 Å². The molecule has 0 saturated carbocycles. The van der Waals surface area contributed by atoms with Crippen LogP contribution in [-0.4, -0.2) is 25.4 Å². The summed E-state index contributed by atoms with van der Waals surface area (Å²) in [6.45, 7) is 0.618. The number of rotatable bonds is 7. The van der Waals surface area contributed by atoms with Crippen LogP contribution in [0.1, 0.15) is 27.3 Å². The number of anilines is 1. The number of nitrogens with zero attached hydrogens (tertiary/aromatic N) is 4. The van der Waals surface area contributed by atoms with E-state index in [1.165, 1.54) is 16.9 Å². The molecule has 0 spiro atoms. The molecule has 0 aromatic carbocycles. The predicted octanol–water partition coefficient (Wildman–Crippen LogP) is 3.82. The van der Waals surface area contributed by atoms with Crippen LogP contribution in [0, 0.1) is 0 Å². The summed E-state index contributed by atoms with van der Waals surface area (Å²) in [6.07, 6.45) is 10.7. The van der Waals surface area contributed by atoms with Gasteiger partial charge in [-0.3, -0.25) is 20.1 Å². The lowest BCUT2D eigenvalue weighted by atomic mass is 10.1. The molecule has 4 aromatic heterocycles. The van der Waals surface area contributed by atoms with E-state index >= 15 is 0 Å². The maximum Gasteiger partial charge on any atom is 0.274 e. The molecule has 0 unspecified atom stereocenters. The van der Waals surface area contributed by atoms with Crippen molar-refractivity contribution in [3.05, 3.63) is 95.3 Å². The molecular weight excluding hydrogens is 370 g/mol. The third kappa shape index (κ3) is 4.50. The van der Waals surface area contributed by atoms with Crippen LogP contribution in [0.2, 0.25) is 0 Å². The van der Waals surface area contributed by atoms with E-state index in [2.05, 4.69) is 20.3 Å². The number of carbonyl (C=O) groups excluding carboxylic acids is 1. The van der Waals surface area contributed by atoms with Crippen LogP contribution in [-0.2, 0) is 19.4 Å².